The predicted octanol–water partition coefficient (Wildman–Crippen LogP) is 0.610. The fraction of sp³-hybridized carbons (Fsp3) is 1.00. The summed E-state index contributed by atoms with van der Waals surface area (Å²) in [4.78, 5) is 37.7. The maximum Gasteiger partial charge on any atom is 0.437 e. The van der Waals surface area contributed by atoms with Gasteiger partial charge in [0.2, 0.25) is 10.9 Å². The molecule has 1 saturated carbocycles. The second kappa shape index (κ2) is 4.71. The summed E-state index contributed by atoms with van der Waals surface area (Å²) >= 11 is 0. The number of rotatable bonds is 2. The molecule has 0 heterocycles. The average Bonchev–Trinajstić information content (AvgIpc) is 2.03. The lowest BCUT2D eigenvalue weighted by Gasteiger charge is -2.17. The highest BCUT2D eigenvalue weighted by Crippen LogP contribution is 2.70. The van der Waals surface area contributed by atoms with Crippen molar-refractivity contribution in [1.29, 1.82) is 0 Å². The maximum atomic E-state index is 10.6. The van der Waals surface area contributed by atoms with Gasteiger partial charge in [-0.25, -0.2) is 0 Å². The molecule has 0 saturated heterocycles. The molecule has 0 aromatic rings. The molecular weight excluding hydrogens is 246 g/mol. The Bertz CT molecular complexity index is 287. The number of hydrogen-bond acceptors (Lipinski definition) is 2. The molecule has 1 atom stereocenters. The molecule has 3 N–H and O–H groups in total. The molecule has 1 aliphatic rings. The van der Waals surface area contributed by atoms with Gasteiger partial charge in [-0.3, -0.25) is 4.57 Å². The van der Waals surface area contributed by atoms with E-state index in [1.165, 1.54) is 0 Å². The van der Waals surface area contributed by atoms with Crippen LogP contribution in [-0.2, 0) is 15.5 Å². The lowest BCUT2D eigenvalue weighted by atomic mass is 10.0. The van der Waals surface area contributed by atoms with E-state index >= 15 is 0 Å². The van der Waals surface area contributed by atoms with E-state index in [1.807, 2.05) is 0 Å². The zero-order valence-corrected chi connectivity index (χ0v) is 10.2. The second-order valence-corrected chi connectivity index (χ2v) is 12.4. The third-order valence-electron chi connectivity index (χ3n) is 2.17. The van der Waals surface area contributed by atoms with Crippen LogP contribution in [0.15, 0.2) is 0 Å². The first-order valence-electron chi connectivity index (χ1n) is 4.40. The van der Waals surface area contributed by atoms with Gasteiger partial charge in [0, 0.05) is 12.8 Å². The first-order valence-corrected chi connectivity index (χ1v) is 9.86. The van der Waals surface area contributed by atoms with E-state index in [0.29, 0.717) is 10.9 Å². The third kappa shape index (κ3) is 3.38. The van der Waals surface area contributed by atoms with Crippen LogP contribution in [0.5, 0.6) is 0 Å². The van der Waals surface area contributed by atoms with Gasteiger partial charge in [-0.15, -0.1) is 0 Å². The molecule has 0 spiro atoms. The van der Waals surface area contributed by atoms with E-state index in [-0.39, 0.29) is 5.25 Å². The Labute approximate surface area is 86.4 Å². The van der Waals surface area contributed by atoms with Gasteiger partial charge in [0.15, 0.2) is 5.25 Å². The van der Waals surface area contributed by atoms with Crippen LogP contribution in [0.25, 0.3) is 0 Å². The summed E-state index contributed by atoms with van der Waals surface area (Å²) in [6.45, 7) is 0. The molecule has 0 aromatic heterocycles. The first kappa shape index (κ1) is 12.8. The summed E-state index contributed by atoms with van der Waals surface area (Å²) in [6.07, 6.45) is 0.409. The van der Waals surface area contributed by atoms with Crippen molar-refractivity contribution >= 4 is 24.4 Å². The molecule has 1 fully saturated rings. The Morgan fingerprint density at radius 3 is 2.07 bits per heavy atom. The van der Waals surface area contributed by atoms with Crippen LogP contribution in [0.1, 0.15) is 32.1 Å². The second-order valence-electron chi connectivity index (χ2n) is 3.37. The fourth-order valence-electron chi connectivity index (χ4n) is 1.43. The van der Waals surface area contributed by atoms with E-state index in [2.05, 4.69) is 0 Å². The molecule has 1 rings (SSSR count). The van der Waals surface area contributed by atoms with Crippen LogP contribution in [0.4, 0.5) is 0 Å². The minimum Gasteiger partial charge on any atom is -0.768 e. The normalized spacial score (nSPS) is 24.3. The van der Waals surface area contributed by atoms with Crippen molar-refractivity contribution in [3.63, 3.8) is 0 Å². The van der Waals surface area contributed by atoms with Crippen LogP contribution >= 0.6 is 13.5 Å². The molecule has 1 unspecified atom stereocenters. The van der Waals surface area contributed by atoms with Crippen molar-refractivity contribution in [2.75, 3.05) is 0 Å². The molecular formula is C6H14O5P2S. The monoisotopic (exact) mass is 260 g/mol. The van der Waals surface area contributed by atoms with Crippen LogP contribution in [0.2, 0.25) is 0 Å². The van der Waals surface area contributed by atoms with Crippen LogP contribution in [0, 0.1) is 0 Å². The van der Waals surface area contributed by atoms with Crippen molar-refractivity contribution in [2.24, 2.45) is 0 Å². The Kier molecular flexibility index (Phi) is 4.30. The highest BCUT2D eigenvalue weighted by atomic mass is 32.7. The van der Waals surface area contributed by atoms with E-state index in [9.17, 15) is 19.2 Å². The molecule has 0 bridgehead atoms. The molecule has 84 valence electrons. The molecule has 0 amide bonds. The van der Waals surface area contributed by atoms with Gasteiger partial charge in [0.25, 0.3) is 7.28 Å². The molecule has 0 aromatic carbocycles. The largest absolute Gasteiger partial charge is 0.768 e. The molecule has 1 aliphatic carbocycles. The van der Waals surface area contributed by atoms with Crippen molar-refractivity contribution in [1.82, 2.24) is 0 Å². The summed E-state index contributed by atoms with van der Waals surface area (Å²) in [7, 11) is -4.37. The molecule has 14 heavy (non-hydrogen) atoms. The topological polar surface area (TPSA) is 101 Å². The van der Waals surface area contributed by atoms with Gasteiger partial charge in [-0.05, 0) is 12.8 Å². The van der Waals surface area contributed by atoms with E-state index in [1.54, 1.807) is 0 Å². The van der Waals surface area contributed by atoms with Crippen molar-refractivity contribution < 1.29 is 24.1 Å². The fourth-order valence-corrected chi connectivity index (χ4v) is 6.96. The lowest BCUT2D eigenvalue weighted by Crippen LogP contribution is -2.12. The first-order chi connectivity index (χ1) is 6.33. The maximum absolute atomic E-state index is 10.6. The van der Waals surface area contributed by atoms with Crippen LogP contribution in [-0.4, -0.2) is 19.9 Å². The molecule has 0 radical (unpaired) electrons. The Hall–Kier alpha value is 0.720. The van der Waals surface area contributed by atoms with Crippen LogP contribution in [0.3, 0.4) is 0 Å². The highest BCUT2D eigenvalue weighted by molar-refractivity contribution is 8.50. The van der Waals surface area contributed by atoms with Gasteiger partial charge >= 0.3 is 6.18 Å². The zero-order valence-electron chi connectivity index (χ0n) is 7.57. The number of hydrogen-bond donors (Lipinski definition) is 3. The minimum absolute atomic E-state index is 0.0542. The molecule has 0 aliphatic heterocycles. The van der Waals surface area contributed by atoms with Crippen molar-refractivity contribution in [2.45, 2.75) is 37.4 Å². The van der Waals surface area contributed by atoms with Gasteiger partial charge in [0.05, 0.1) is 0 Å². The minimum atomic E-state index is -5.00. The van der Waals surface area contributed by atoms with E-state index in [4.69, 9.17) is 4.89 Å². The van der Waals surface area contributed by atoms with Gasteiger partial charge < -0.3 is 19.6 Å². The SMILES string of the molecule is O=P([O-])(O)P(O)(O)=[S+]C1CCCCC1. The molecule has 8 heteroatoms. The Morgan fingerprint density at radius 1 is 1.14 bits per heavy atom. The zero-order chi connectivity index (χ0) is 10.8. The standard InChI is InChI=1S/C6H14O5P2S/c7-12(8,9)13(10,11)14-6-4-2-1-3-5-6/h6H,1-5H2,(H3-,7,8,9,10,11). The predicted molar refractivity (Wildman–Crippen MR) is 55.4 cm³/mol. The summed E-state index contributed by atoms with van der Waals surface area (Å²) < 4.78 is 10.6. The average molecular weight is 260 g/mol. The Balaban J connectivity index is 2.79. The highest BCUT2D eigenvalue weighted by Gasteiger charge is 2.39. The quantitative estimate of drug-likeness (QED) is 0.499. The summed E-state index contributed by atoms with van der Waals surface area (Å²) in [5.41, 5.74) is 0. The van der Waals surface area contributed by atoms with Gasteiger partial charge in [-0.2, -0.15) is 0 Å². The van der Waals surface area contributed by atoms with Gasteiger partial charge in [0.1, 0.15) is 0 Å². The lowest BCUT2D eigenvalue weighted by molar-refractivity contribution is -0.186. The van der Waals surface area contributed by atoms with Crippen molar-refractivity contribution in [3.8, 4) is 0 Å². The van der Waals surface area contributed by atoms with Crippen molar-refractivity contribution in [3.05, 3.63) is 0 Å². The summed E-state index contributed by atoms with van der Waals surface area (Å²) in [5.74, 6) is 0. The molecule has 5 nitrogen and oxygen atoms in total. The summed E-state index contributed by atoms with van der Waals surface area (Å²) in [6, 6.07) is 0. The van der Waals surface area contributed by atoms with Gasteiger partial charge in [-0.1, -0.05) is 6.42 Å². The summed E-state index contributed by atoms with van der Waals surface area (Å²) in [5, 5.41) is -0.0542. The third-order valence-corrected chi connectivity index (χ3v) is 10.3. The van der Waals surface area contributed by atoms with E-state index in [0.717, 1.165) is 32.1 Å². The smallest absolute Gasteiger partial charge is 0.437 e. The van der Waals surface area contributed by atoms with Crippen LogP contribution < -0.4 is 4.89 Å². The van der Waals surface area contributed by atoms with E-state index < -0.39 is 13.5 Å². The Morgan fingerprint density at radius 2 is 1.64 bits per heavy atom.